The van der Waals surface area contributed by atoms with E-state index in [1.165, 1.54) is 6.07 Å². The van der Waals surface area contributed by atoms with Crippen LogP contribution in [0.5, 0.6) is 11.5 Å². The van der Waals surface area contributed by atoms with E-state index < -0.39 is 5.92 Å². The van der Waals surface area contributed by atoms with Gasteiger partial charge in [-0.25, -0.2) is 4.39 Å². The molecular weight excluding hydrogens is 577 g/mol. The van der Waals surface area contributed by atoms with Crippen LogP contribution in [0, 0.1) is 5.82 Å². The maximum Gasteiger partial charge on any atom is 0.175 e. The Bertz CT molecular complexity index is 1320. The zero-order valence-corrected chi connectivity index (χ0v) is 24.7. The first kappa shape index (κ1) is 28.6. The third kappa shape index (κ3) is 5.61. The predicted molar refractivity (Wildman–Crippen MR) is 154 cm³/mol. The van der Waals surface area contributed by atoms with Crippen LogP contribution in [0.15, 0.2) is 63.4 Å². The van der Waals surface area contributed by atoms with Gasteiger partial charge in [0.15, 0.2) is 23.1 Å². The summed E-state index contributed by atoms with van der Waals surface area (Å²) >= 11 is 3.66. The van der Waals surface area contributed by atoms with Crippen molar-refractivity contribution in [1.82, 2.24) is 4.90 Å². The first-order valence-corrected chi connectivity index (χ1v) is 14.8. The molecule has 0 radical (unpaired) electrons. The number of allylic oxidation sites excluding steroid dienone is 4. The number of Topliss-reactive ketones (excluding diaryl/α,β-unsaturated/α-hetero) is 2. The first-order chi connectivity index (χ1) is 19.4. The lowest BCUT2D eigenvalue weighted by molar-refractivity contribution is -0.117. The second-order valence-electron chi connectivity index (χ2n) is 10.3. The van der Waals surface area contributed by atoms with Crippen molar-refractivity contribution in [3.63, 3.8) is 0 Å². The third-order valence-corrected chi connectivity index (χ3v) is 8.40. The van der Waals surface area contributed by atoms with E-state index >= 15 is 0 Å². The Morgan fingerprint density at radius 3 is 2.27 bits per heavy atom. The van der Waals surface area contributed by atoms with Crippen molar-refractivity contribution in [1.29, 1.82) is 0 Å². The van der Waals surface area contributed by atoms with E-state index in [1.807, 2.05) is 19.1 Å². The summed E-state index contributed by atoms with van der Waals surface area (Å²) < 4.78 is 32.3. The number of carbonyl (C=O) groups is 2. The molecule has 0 atom stereocenters. The van der Waals surface area contributed by atoms with E-state index in [2.05, 4.69) is 20.8 Å². The highest BCUT2D eigenvalue weighted by atomic mass is 79.9. The van der Waals surface area contributed by atoms with Crippen LogP contribution in [-0.2, 0) is 20.9 Å². The van der Waals surface area contributed by atoms with Crippen molar-refractivity contribution in [3.8, 4) is 11.5 Å². The van der Waals surface area contributed by atoms with Gasteiger partial charge in [0.2, 0.25) is 0 Å². The van der Waals surface area contributed by atoms with Gasteiger partial charge in [-0.3, -0.25) is 9.59 Å². The quantitative estimate of drug-likeness (QED) is 0.269. The standard InChI is InChI=1S/C32H35BrFNO5/c1-3-39-28-18-21(17-22(33)32(28)40-19-20-9-4-5-10-23(20)34)29-30-24(11-6-13-26(30)36)35(15-8-16-38-2)25-12-7-14-27(37)31(25)29/h4-5,9-10,17-18,29H,3,6-8,11-16,19H2,1-2H3. The lowest BCUT2D eigenvalue weighted by Crippen LogP contribution is -2.39. The van der Waals surface area contributed by atoms with Gasteiger partial charge >= 0.3 is 0 Å². The molecule has 0 N–H and O–H groups in total. The van der Waals surface area contributed by atoms with Crippen LogP contribution >= 0.6 is 15.9 Å². The summed E-state index contributed by atoms with van der Waals surface area (Å²) in [6, 6.07) is 10.3. The minimum Gasteiger partial charge on any atom is -0.490 e. The van der Waals surface area contributed by atoms with Gasteiger partial charge in [0.05, 0.1) is 11.1 Å². The Morgan fingerprint density at radius 1 is 0.975 bits per heavy atom. The zero-order chi connectivity index (χ0) is 28.2. The topological polar surface area (TPSA) is 65.1 Å². The number of hydrogen-bond acceptors (Lipinski definition) is 6. The molecule has 5 rings (SSSR count). The second kappa shape index (κ2) is 12.7. The summed E-state index contributed by atoms with van der Waals surface area (Å²) in [5.74, 6) is 0.348. The third-order valence-electron chi connectivity index (χ3n) is 7.81. The highest BCUT2D eigenvalue weighted by molar-refractivity contribution is 9.10. The van der Waals surface area contributed by atoms with Gasteiger partial charge in [0, 0.05) is 67.1 Å². The van der Waals surface area contributed by atoms with Gasteiger partial charge in [-0.05, 0) is 78.7 Å². The molecule has 2 aromatic rings. The number of ether oxygens (including phenoxy) is 3. The number of carbonyl (C=O) groups excluding carboxylic acids is 2. The van der Waals surface area contributed by atoms with Crippen LogP contribution < -0.4 is 9.47 Å². The van der Waals surface area contributed by atoms with Gasteiger partial charge in [-0.15, -0.1) is 0 Å². The molecule has 1 aliphatic heterocycles. The van der Waals surface area contributed by atoms with Crippen molar-refractivity contribution in [2.75, 3.05) is 26.9 Å². The van der Waals surface area contributed by atoms with E-state index in [0.29, 0.717) is 47.6 Å². The number of nitrogens with zero attached hydrogens (tertiary/aromatic N) is 1. The van der Waals surface area contributed by atoms with Crippen molar-refractivity contribution in [2.45, 2.75) is 64.4 Å². The molecule has 0 aromatic heterocycles. The molecule has 3 aliphatic rings. The molecule has 8 heteroatoms. The zero-order valence-electron chi connectivity index (χ0n) is 23.1. The number of ketones is 2. The smallest absolute Gasteiger partial charge is 0.175 e. The van der Waals surface area contributed by atoms with Gasteiger partial charge in [-0.1, -0.05) is 18.2 Å². The van der Waals surface area contributed by atoms with Crippen LogP contribution in [0.3, 0.4) is 0 Å². The lowest BCUT2D eigenvalue weighted by atomic mass is 9.71. The number of halogens is 2. The summed E-state index contributed by atoms with van der Waals surface area (Å²) in [7, 11) is 1.69. The molecule has 1 heterocycles. The molecule has 0 fully saturated rings. The molecule has 0 unspecified atom stereocenters. The van der Waals surface area contributed by atoms with Crippen molar-refractivity contribution in [2.24, 2.45) is 0 Å². The Hall–Kier alpha value is -2.97. The molecule has 212 valence electrons. The fraction of sp³-hybridized carbons (Fsp3) is 0.438. The Labute approximate surface area is 243 Å². The molecular formula is C32H35BrFNO5. The van der Waals surface area contributed by atoms with Gasteiger partial charge in [-0.2, -0.15) is 0 Å². The first-order valence-electron chi connectivity index (χ1n) is 14.1. The Kier molecular flexibility index (Phi) is 9.06. The average molecular weight is 613 g/mol. The van der Waals surface area contributed by atoms with Crippen molar-refractivity contribution in [3.05, 3.63) is 80.4 Å². The molecule has 0 spiro atoms. The van der Waals surface area contributed by atoms with E-state index in [1.54, 1.807) is 25.3 Å². The fourth-order valence-electron chi connectivity index (χ4n) is 6.11. The minimum atomic E-state index is -0.458. The molecule has 40 heavy (non-hydrogen) atoms. The van der Waals surface area contributed by atoms with Crippen LogP contribution in [0.1, 0.15) is 68.9 Å². The van der Waals surface area contributed by atoms with Gasteiger partial charge < -0.3 is 19.1 Å². The number of rotatable bonds is 10. The summed E-state index contributed by atoms with van der Waals surface area (Å²) in [6.45, 7) is 3.65. The molecule has 2 aromatic carbocycles. The summed E-state index contributed by atoms with van der Waals surface area (Å²) in [5.41, 5.74) is 4.79. The normalized spacial score (nSPS) is 17.8. The van der Waals surface area contributed by atoms with E-state index in [9.17, 15) is 14.0 Å². The van der Waals surface area contributed by atoms with Crippen LogP contribution in [0.25, 0.3) is 0 Å². The largest absolute Gasteiger partial charge is 0.490 e. The van der Waals surface area contributed by atoms with E-state index in [0.717, 1.165) is 66.8 Å². The highest BCUT2D eigenvalue weighted by Crippen LogP contribution is 2.51. The molecule has 0 bridgehead atoms. The molecule has 0 saturated carbocycles. The van der Waals surface area contributed by atoms with Crippen molar-refractivity contribution < 1.29 is 28.2 Å². The fourth-order valence-corrected chi connectivity index (χ4v) is 6.68. The monoisotopic (exact) mass is 611 g/mol. The Balaban J connectivity index is 1.60. The van der Waals surface area contributed by atoms with E-state index in [4.69, 9.17) is 14.2 Å². The van der Waals surface area contributed by atoms with Crippen LogP contribution in [-0.4, -0.2) is 43.3 Å². The lowest BCUT2D eigenvalue weighted by Gasteiger charge is -2.44. The second-order valence-corrected chi connectivity index (χ2v) is 11.2. The molecule has 6 nitrogen and oxygen atoms in total. The molecule has 0 saturated heterocycles. The van der Waals surface area contributed by atoms with Gasteiger partial charge in [0.25, 0.3) is 0 Å². The van der Waals surface area contributed by atoms with E-state index in [-0.39, 0.29) is 24.0 Å². The summed E-state index contributed by atoms with van der Waals surface area (Å²) in [4.78, 5) is 29.4. The van der Waals surface area contributed by atoms with Crippen LogP contribution in [0.4, 0.5) is 4.39 Å². The maximum absolute atomic E-state index is 14.3. The SMILES string of the molecule is CCOc1cc(C2C3=C(CCCC3=O)N(CCCOC)C3=C2C(=O)CCC3)cc(Br)c1OCc1ccccc1F. The summed E-state index contributed by atoms with van der Waals surface area (Å²) in [5, 5.41) is 0. The highest BCUT2D eigenvalue weighted by Gasteiger charge is 2.43. The molecule has 2 aliphatic carbocycles. The number of hydrogen-bond donors (Lipinski definition) is 0. The summed E-state index contributed by atoms with van der Waals surface area (Å²) in [6.07, 6.45) is 4.97. The Morgan fingerprint density at radius 2 is 1.65 bits per heavy atom. The van der Waals surface area contributed by atoms with Gasteiger partial charge in [0.1, 0.15) is 12.4 Å². The average Bonchev–Trinajstić information content (AvgIpc) is 2.94. The number of methoxy groups -OCH3 is 1. The van der Waals surface area contributed by atoms with Crippen LogP contribution in [0.2, 0.25) is 0 Å². The maximum atomic E-state index is 14.3. The minimum absolute atomic E-state index is 0.0339. The number of benzene rings is 2. The molecule has 0 amide bonds. The van der Waals surface area contributed by atoms with Crippen molar-refractivity contribution >= 4 is 27.5 Å². The predicted octanol–water partition coefficient (Wildman–Crippen LogP) is 7.02.